The number of furan rings is 1. The van der Waals surface area contributed by atoms with E-state index in [1.54, 1.807) is 18.0 Å². The van der Waals surface area contributed by atoms with E-state index in [0.717, 1.165) is 11.8 Å². The Kier molecular flexibility index (Phi) is 4.69. The molecule has 0 spiro atoms. The van der Waals surface area contributed by atoms with Crippen molar-refractivity contribution in [1.82, 2.24) is 14.9 Å². The number of anilines is 2. The van der Waals surface area contributed by atoms with Crippen LogP contribution in [0.5, 0.6) is 0 Å². The van der Waals surface area contributed by atoms with Crippen molar-refractivity contribution in [3.63, 3.8) is 0 Å². The molecule has 3 heterocycles. The predicted molar refractivity (Wildman–Crippen MR) is 113 cm³/mol. The highest BCUT2D eigenvalue weighted by molar-refractivity contribution is 6.31. The Labute approximate surface area is 173 Å². The molecule has 29 heavy (non-hydrogen) atoms. The summed E-state index contributed by atoms with van der Waals surface area (Å²) in [4.78, 5) is 24.9. The molecule has 0 aliphatic carbocycles. The molecule has 154 valence electrons. The second kappa shape index (κ2) is 6.95. The number of fused-ring (bicyclic) bond motifs is 3. The fraction of sp³-hybridized carbons (Fsp3) is 0.450. The van der Waals surface area contributed by atoms with Gasteiger partial charge in [-0.05, 0) is 45.4 Å². The second-order valence-electron chi connectivity index (χ2n) is 8.31. The number of amides is 1. The molecule has 0 radical (unpaired) electrons. The van der Waals surface area contributed by atoms with Gasteiger partial charge in [-0.2, -0.15) is 4.98 Å². The van der Waals surface area contributed by atoms with Crippen molar-refractivity contribution >= 4 is 51.5 Å². The molecule has 1 saturated heterocycles. The summed E-state index contributed by atoms with van der Waals surface area (Å²) >= 11 is 6.14. The second-order valence-corrected chi connectivity index (χ2v) is 8.74. The summed E-state index contributed by atoms with van der Waals surface area (Å²) in [6.45, 7) is 6.87. The summed E-state index contributed by atoms with van der Waals surface area (Å²) in [6, 6.07) is 5.38. The third-order valence-corrected chi connectivity index (χ3v) is 5.20. The van der Waals surface area contributed by atoms with Crippen LogP contribution in [-0.2, 0) is 4.74 Å². The number of nitrogens with zero attached hydrogens (tertiary/aromatic N) is 4. The van der Waals surface area contributed by atoms with Gasteiger partial charge in [-0.15, -0.1) is 0 Å². The highest BCUT2D eigenvalue weighted by Gasteiger charge is 2.33. The highest BCUT2D eigenvalue weighted by Crippen LogP contribution is 2.36. The minimum atomic E-state index is -0.535. The van der Waals surface area contributed by atoms with Gasteiger partial charge < -0.3 is 24.7 Å². The van der Waals surface area contributed by atoms with Gasteiger partial charge in [0.15, 0.2) is 11.4 Å². The third kappa shape index (κ3) is 3.76. The van der Waals surface area contributed by atoms with Crippen molar-refractivity contribution in [2.24, 2.45) is 0 Å². The van der Waals surface area contributed by atoms with Crippen LogP contribution < -0.4 is 10.6 Å². The number of ether oxygens (including phenoxy) is 1. The molecule has 1 aromatic carbocycles. The highest BCUT2D eigenvalue weighted by atomic mass is 35.5. The van der Waals surface area contributed by atoms with Crippen molar-refractivity contribution in [3.05, 3.63) is 23.2 Å². The van der Waals surface area contributed by atoms with Gasteiger partial charge in [0.2, 0.25) is 5.95 Å². The molecular formula is C20H24ClN5O3. The summed E-state index contributed by atoms with van der Waals surface area (Å²) < 4.78 is 11.5. The van der Waals surface area contributed by atoms with Crippen LogP contribution in [0.2, 0.25) is 5.02 Å². The van der Waals surface area contributed by atoms with E-state index in [-0.39, 0.29) is 18.1 Å². The molecule has 9 heteroatoms. The Morgan fingerprint density at radius 2 is 2.14 bits per heavy atom. The van der Waals surface area contributed by atoms with Crippen molar-refractivity contribution in [3.8, 4) is 0 Å². The number of nitrogen functional groups attached to an aromatic ring is 1. The molecule has 1 aliphatic heterocycles. The Bertz CT molecular complexity index is 1090. The third-order valence-electron chi connectivity index (χ3n) is 4.97. The Morgan fingerprint density at radius 3 is 2.86 bits per heavy atom. The van der Waals surface area contributed by atoms with Crippen molar-refractivity contribution in [2.75, 3.05) is 30.8 Å². The molecule has 3 aromatic rings. The molecular weight excluding hydrogens is 394 g/mol. The lowest BCUT2D eigenvalue weighted by Gasteiger charge is -2.28. The van der Waals surface area contributed by atoms with E-state index in [1.165, 1.54) is 0 Å². The molecule has 0 bridgehead atoms. The number of carbonyl (C=O) groups excluding carboxylic acids is 1. The fourth-order valence-electron chi connectivity index (χ4n) is 3.57. The van der Waals surface area contributed by atoms with Gasteiger partial charge in [0.05, 0.1) is 6.04 Å². The molecule has 1 aliphatic rings. The zero-order valence-corrected chi connectivity index (χ0v) is 17.7. The van der Waals surface area contributed by atoms with E-state index >= 15 is 0 Å². The van der Waals surface area contributed by atoms with Gasteiger partial charge in [-0.1, -0.05) is 11.6 Å². The smallest absolute Gasteiger partial charge is 0.410 e. The largest absolute Gasteiger partial charge is 0.450 e. The first kappa shape index (κ1) is 19.6. The lowest BCUT2D eigenvalue weighted by Crippen LogP contribution is -2.42. The van der Waals surface area contributed by atoms with Crippen LogP contribution in [0.4, 0.5) is 16.6 Å². The van der Waals surface area contributed by atoms with Crippen LogP contribution in [0.25, 0.3) is 22.1 Å². The predicted octanol–water partition coefficient (Wildman–Crippen LogP) is 4.06. The van der Waals surface area contributed by atoms with Crippen molar-refractivity contribution < 1.29 is 13.9 Å². The van der Waals surface area contributed by atoms with Crippen LogP contribution in [0, 0.1) is 0 Å². The standard InChI is InChI=1S/C20H24ClN5O3/c1-20(2,3)29-19(27)25(4)12-7-8-26(10-12)17-16-15(23-18(22)24-17)13-9-11(21)5-6-14(13)28-16/h5-6,9,12H,7-8,10H2,1-4H3,(H2,22,23,24)/t12-/m1/s1. The maximum absolute atomic E-state index is 12.4. The molecule has 1 fully saturated rings. The minimum Gasteiger partial charge on any atom is -0.450 e. The summed E-state index contributed by atoms with van der Waals surface area (Å²) in [7, 11) is 1.76. The first-order valence-corrected chi connectivity index (χ1v) is 9.86. The van der Waals surface area contributed by atoms with Crippen LogP contribution in [0.1, 0.15) is 27.2 Å². The average molecular weight is 418 g/mol. The van der Waals surface area contributed by atoms with E-state index in [2.05, 4.69) is 14.9 Å². The zero-order valence-electron chi connectivity index (χ0n) is 16.9. The number of aromatic nitrogens is 2. The fourth-order valence-corrected chi connectivity index (χ4v) is 3.74. The minimum absolute atomic E-state index is 0.00471. The van der Waals surface area contributed by atoms with Crippen LogP contribution in [0.3, 0.4) is 0 Å². The summed E-state index contributed by atoms with van der Waals surface area (Å²) in [5, 5.41) is 1.39. The topological polar surface area (TPSA) is 97.7 Å². The van der Waals surface area contributed by atoms with E-state index in [9.17, 15) is 4.79 Å². The maximum Gasteiger partial charge on any atom is 0.410 e. The lowest BCUT2D eigenvalue weighted by molar-refractivity contribution is 0.0238. The number of benzene rings is 1. The summed E-state index contributed by atoms with van der Waals surface area (Å²) in [6.07, 6.45) is 0.447. The van der Waals surface area contributed by atoms with E-state index < -0.39 is 5.60 Å². The first-order chi connectivity index (χ1) is 13.6. The Balaban J connectivity index is 1.64. The number of carbonyl (C=O) groups is 1. The van der Waals surface area contributed by atoms with E-state index in [4.69, 9.17) is 26.5 Å². The maximum atomic E-state index is 12.4. The van der Waals surface area contributed by atoms with E-state index in [0.29, 0.717) is 40.6 Å². The molecule has 2 aromatic heterocycles. The molecule has 2 N–H and O–H groups in total. The number of likely N-dealkylation sites (N-methyl/N-ethyl adjacent to an activating group) is 1. The zero-order chi connectivity index (χ0) is 20.9. The molecule has 1 atom stereocenters. The van der Waals surface area contributed by atoms with Gasteiger partial charge in [0.1, 0.15) is 16.7 Å². The van der Waals surface area contributed by atoms with Crippen molar-refractivity contribution in [2.45, 2.75) is 38.8 Å². The number of nitrogens with two attached hydrogens (primary N) is 1. The van der Waals surface area contributed by atoms with Gasteiger partial charge in [-0.3, -0.25) is 0 Å². The Hall–Kier alpha value is -2.74. The number of hydrogen-bond acceptors (Lipinski definition) is 7. The van der Waals surface area contributed by atoms with Crippen molar-refractivity contribution in [1.29, 1.82) is 0 Å². The first-order valence-electron chi connectivity index (χ1n) is 9.48. The van der Waals surface area contributed by atoms with Gasteiger partial charge in [0.25, 0.3) is 0 Å². The lowest BCUT2D eigenvalue weighted by atomic mass is 10.2. The average Bonchev–Trinajstić information content (AvgIpc) is 3.24. The number of halogens is 1. The van der Waals surface area contributed by atoms with Gasteiger partial charge >= 0.3 is 6.09 Å². The van der Waals surface area contributed by atoms with Crippen LogP contribution in [-0.4, -0.2) is 52.7 Å². The molecule has 1 amide bonds. The summed E-state index contributed by atoms with van der Waals surface area (Å²) in [5.41, 5.74) is 7.32. The van der Waals surface area contributed by atoms with Gasteiger partial charge in [0, 0.05) is 30.5 Å². The number of hydrogen-bond donors (Lipinski definition) is 1. The van der Waals surface area contributed by atoms with Gasteiger partial charge in [-0.25, -0.2) is 9.78 Å². The summed E-state index contributed by atoms with van der Waals surface area (Å²) in [5.74, 6) is 0.791. The van der Waals surface area contributed by atoms with Crippen LogP contribution in [0.15, 0.2) is 22.6 Å². The SMILES string of the molecule is CN(C(=O)OC(C)(C)C)[C@@H]1CCN(c2nc(N)nc3c2oc2ccc(Cl)cc23)C1. The van der Waals surface area contributed by atoms with E-state index in [1.807, 2.05) is 32.9 Å². The molecule has 0 unspecified atom stereocenters. The van der Waals surface area contributed by atoms with Crippen LogP contribution >= 0.6 is 11.6 Å². The quantitative estimate of drug-likeness (QED) is 0.671. The molecule has 4 rings (SSSR count). The molecule has 0 saturated carbocycles. The Morgan fingerprint density at radius 1 is 1.38 bits per heavy atom. The normalized spacial score (nSPS) is 17.3. The molecule has 8 nitrogen and oxygen atoms in total. The monoisotopic (exact) mass is 417 g/mol. The number of rotatable bonds is 2.